The van der Waals surface area contributed by atoms with Crippen LogP contribution in [0.5, 0.6) is 0 Å². The zero-order chi connectivity index (χ0) is 10.8. The number of rotatable bonds is 2. The van der Waals surface area contributed by atoms with E-state index in [4.69, 9.17) is 5.11 Å². The number of likely N-dealkylation sites (tertiary alicyclic amines) is 1. The number of thioether (sulfide) groups is 1. The van der Waals surface area contributed by atoms with Crippen LogP contribution in [-0.4, -0.2) is 52.1 Å². The first kappa shape index (κ1) is 10.8. The third-order valence-electron chi connectivity index (χ3n) is 2.84. The summed E-state index contributed by atoms with van der Waals surface area (Å²) in [5.41, 5.74) is 0. The van der Waals surface area contributed by atoms with E-state index in [9.17, 15) is 9.59 Å². The molecule has 5 nitrogen and oxygen atoms in total. The SMILES string of the molecule is O=C(O)[C@H]1CCCN1C(=O)C1CSCN1. The molecule has 2 aliphatic rings. The molecule has 1 amide bonds. The number of carbonyl (C=O) groups excluding carboxylic acids is 1. The van der Waals surface area contributed by atoms with Crippen LogP contribution >= 0.6 is 11.8 Å². The maximum absolute atomic E-state index is 11.9. The number of carboxylic acid groups (broad SMARTS) is 1. The van der Waals surface area contributed by atoms with Crippen molar-refractivity contribution >= 4 is 23.6 Å². The van der Waals surface area contributed by atoms with Crippen molar-refractivity contribution in [2.24, 2.45) is 0 Å². The zero-order valence-electron chi connectivity index (χ0n) is 8.31. The molecule has 2 fully saturated rings. The van der Waals surface area contributed by atoms with Gasteiger partial charge in [0.05, 0.1) is 6.04 Å². The van der Waals surface area contributed by atoms with Crippen LogP contribution < -0.4 is 5.32 Å². The van der Waals surface area contributed by atoms with Crippen LogP contribution in [0.1, 0.15) is 12.8 Å². The minimum atomic E-state index is -0.883. The van der Waals surface area contributed by atoms with Gasteiger partial charge in [-0.05, 0) is 12.8 Å². The van der Waals surface area contributed by atoms with Gasteiger partial charge < -0.3 is 10.0 Å². The van der Waals surface area contributed by atoms with Crippen LogP contribution in [0.25, 0.3) is 0 Å². The number of hydrogen-bond donors (Lipinski definition) is 2. The summed E-state index contributed by atoms with van der Waals surface area (Å²) < 4.78 is 0. The fourth-order valence-corrected chi connectivity index (χ4v) is 2.97. The highest BCUT2D eigenvalue weighted by Crippen LogP contribution is 2.21. The molecule has 2 saturated heterocycles. The molecule has 0 bridgehead atoms. The average Bonchev–Trinajstić information content (AvgIpc) is 2.88. The highest BCUT2D eigenvalue weighted by molar-refractivity contribution is 7.99. The molecular weight excluding hydrogens is 216 g/mol. The topological polar surface area (TPSA) is 69.6 Å². The summed E-state index contributed by atoms with van der Waals surface area (Å²) in [6.45, 7) is 0.582. The molecule has 0 aromatic carbocycles. The highest BCUT2D eigenvalue weighted by Gasteiger charge is 2.37. The van der Waals surface area contributed by atoms with Crippen molar-refractivity contribution in [2.45, 2.75) is 24.9 Å². The summed E-state index contributed by atoms with van der Waals surface area (Å²) in [4.78, 5) is 24.4. The van der Waals surface area contributed by atoms with Crippen LogP contribution in [-0.2, 0) is 9.59 Å². The van der Waals surface area contributed by atoms with Gasteiger partial charge in [0, 0.05) is 18.2 Å². The lowest BCUT2D eigenvalue weighted by Crippen LogP contribution is -2.49. The van der Waals surface area contributed by atoms with Crippen LogP contribution in [0.2, 0.25) is 0 Å². The molecule has 84 valence electrons. The average molecular weight is 230 g/mol. The summed E-state index contributed by atoms with van der Waals surface area (Å²) in [5.74, 6) is 0.598. The largest absolute Gasteiger partial charge is 0.480 e. The molecule has 0 radical (unpaired) electrons. The van der Waals surface area contributed by atoms with Crippen LogP contribution in [0.3, 0.4) is 0 Å². The maximum Gasteiger partial charge on any atom is 0.326 e. The quantitative estimate of drug-likeness (QED) is 0.683. The Hall–Kier alpha value is -0.750. The highest BCUT2D eigenvalue weighted by atomic mass is 32.2. The Kier molecular flexibility index (Phi) is 3.16. The van der Waals surface area contributed by atoms with Gasteiger partial charge in [-0.3, -0.25) is 10.1 Å². The van der Waals surface area contributed by atoms with Gasteiger partial charge in [-0.2, -0.15) is 0 Å². The van der Waals surface area contributed by atoms with E-state index in [0.29, 0.717) is 13.0 Å². The second-order valence-electron chi connectivity index (χ2n) is 3.80. The number of aliphatic carboxylic acids is 1. The molecule has 0 aromatic heterocycles. The minimum absolute atomic E-state index is 0.0510. The number of carbonyl (C=O) groups is 2. The predicted molar refractivity (Wildman–Crippen MR) is 56.6 cm³/mol. The summed E-state index contributed by atoms with van der Waals surface area (Å²) in [6.07, 6.45) is 1.38. The van der Waals surface area contributed by atoms with E-state index < -0.39 is 12.0 Å². The fraction of sp³-hybridized carbons (Fsp3) is 0.778. The Labute approximate surface area is 92.2 Å². The van der Waals surface area contributed by atoms with Gasteiger partial charge in [-0.25, -0.2) is 4.79 Å². The number of nitrogens with zero attached hydrogens (tertiary/aromatic N) is 1. The number of hydrogen-bond acceptors (Lipinski definition) is 4. The maximum atomic E-state index is 11.9. The molecule has 0 saturated carbocycles. The molecule has 0 spiro atoms. The van der Waals surface area contributed by atoms with Crippen molar-refractivity contribution in [3.05, 3.63) is 0 Å². The van der Waals surface area contributed by atoms with Gasteiger partial charge in [0.25, 0.3) is 0 Å². The molecular formula is C9H14N2O3S. The Morgan fingerprint density at radius 1 is 1.47 bits per heavy atom. The first-order valence-electron chi connectivity index (χ1n) is 5.04. The fourth-order valence-electron chi connectivity index (χ4n) is 2.04. The molecule has 1 unspecified atom stereocenters. The lowest BCUT2D eigenvalue weighted by Gasteiger charge is -2.24. The second kappa shape index (κ2) is 4.40. The predicted octanol–water partition coefficient (Wildman–Crippen LogP) is -0.276. The van der Waals surface area contributed by atoms with Crippen molar-refractivity contribution in [1.29, 1.82) is 0 Å². The number of carboxylic acids is 1. The lowest BCUT2D eigenvalue weighted by atomic mass is 10.2. The first-order valence-corrected chi connectivity index (χ1v) is 6.20. The minimum Gasteiger partial charge on any atom is -0.480 e. The number of nitrogens with one attached hydrogen (secondary N) is 1. The van der Waals surface area contributed by atoms with E-state index in [-0.39, 0.29) is 11.9 Å². The first-order chi connectivity index (χ1) is 7.20. The van der Waals surface area contributed by atoms with E-state index in [1.165, 1.54) is 4.90 Å². The Balaban J connectivity index is 2.02. The second-order valence-corrected chi connectivity index (χ2v) is 4.83. The van der Waals surface area contributed by atoms with E-state index in [1.54, 1.807) is 11.8 Å². The van der Waals surface area contributed by atoms with Gasteiger partial charge in [0.15, 0.2) is 0 Å². The van der Waals surface area contributed by atoms with Gasteiger partial charge >= 0.3 is 5.97 Å². The number of amides is 1. The van der Waals surface area contributed by atoms with E-state index in [2.05, 4.69) is 5.32 Å². The Morgan fingerprint density at radius 3 is 2.87 bits per heavy atom. The normalized spacial score (nSPS) is 30.8. The molecule has 0 aromatic rings. The summed E-state index contributed by atoms with van der Waals surface area (Å²) in [7, 11) is 0. The van der Waals surface area contributed by atoms with Crippen LogP contribution in [0.15, 0.2) is 0 Å². The zero-order valence-corrected chi connectivity index (χ0v) is 9.13. The molecule has 2 atom stereocenters. The Morgan fingerprint density at radius 2 is 2.27 bits per heavy atom. The van der Waals surface area contributed by atoms with E-state index in [1.807, 2.05) is 0 Å². The molecule has 15 heavy (non-hydrogen) atoms. The molecule has 6 heteroatoms. The molecule has 2 rings (SSSR count). The monoisotopic (exact) mass is 230 g/mol. The van der Waals surface area contributed by atoms with Crippen molar-refractivity contribution in [2.75, 3.05) is 18.2 Å². The van der Waals surface area contributed by atoms with Gasteiger partial charge in [0.1, 0.15) is 6.04 Å². The lowest BCUT2D eigenvalue weighted by molar-refractivity contribution is -0.148. The van der Waals surface area contributed by atoms with Crippen molar-refractivity contribution in [3.63, 3.8) is 0 Å². The molecule has 2 N–H and O–H groups in total. The molecule has 2 aliphatic heterocycles. The van der Waals surface area contributed by atoms with Crippen LogP contribution in [0, 0.1) is 0 Å². The van der Waals surface area contributed by atoms with Crippen molar-refractivity contribution in [1.82, 2.24) is 10.2 Å². The van der Waals surface area contributed by atoms with Gasteiger partial charge in [-0.15, -0.1) is 11.8 Å². The molecule has 0 aliphatic carbocycles. The smallest absolute Gasteiger partial charge is 0.326 e. The third kappa shape index (κ3) is 2.10. The van der Waals surface area contributed by atoms with E-state index >= 15 is 0 Å². The summed E-state index contributed by atoms with van der Waals surface area (Å²) in [5, 5.41) is 12.0. The standard InChI is InChI=1S/C9H14N2O3S/c12-8(6-4-15-5-10-6)11-3-1-2-7(11)9(13)14/h6-7,10H,1-5H2,(H,13,14)/t6?,7-/m1/s1. The third-order valence-corrected chi connectivity index (χ3v) is 3.78. The Bertz CT molecular complexity index is 279. The summed E-state index contributed by atoms with van der Waals surface area (Å²) >= 11 is 1.67. The molecule has 2 heterocycles. The summed E-state index contributed by atoms with van der Waals surface area (Å²) in [6, 6.07) is -0.792. The van der Waals surface area contributed by atoms with Crippen molar-refractivity contribution < 1.29 is 14.7 Å². The van der Waals surface area contributed by atoms with Gasteiger partial charge in [-0.1, -0.05) is 0 Å². The van der Waals surface area contributed by atoms with Crippen molar-refractivity contribution in [3.8, 4) is 0 Å². The van der Waals surface area contributed by atoms with E-state index in [0.717, 1.165) is 18.1 Å². The van der Waals surface area contributed by atoms with Crippen LogP contribution in [0.4, 0.5) is 0 Å². The van der Waals surface area contributed by atoms with Gasteiger partial charge in [0.2, 0.25) is 5.91 Å².